The molecule has 0 bridgehead atoms. The van der Waals surface area contributed by atoms with Crippen LogP contribution in [0.15, 0.2) is 11.6 Å². The average Bonchev–Trinajstić information content (AvgIpc) is 2.95. The van der Waals surface area contributed by atoms with Crippen LogP contribution in [0.5, 0.6) is 0 Å². The van der Waals surface area contributed by atoms with E-state index in [-0.39, 0.29) is 11.8 Å². The Morgan fingerprint density at radius 2 is 2.39 bits per heavy atom. The van der Waals surface area contributed by atoms with Crippen molar-refractivity contribution < 1.29 is 4.79 Å². The van der Waals surface area contributed by atoms with Crippen molar-refractivity contribution in [2.75, 3.05) is 12.3 Å². The van der Waals surface area contributed by atoms with Crippen LogP contribution in [0.3, 0.4) is 0 Å². The Balaban J connectivity index is 1.94. The maximum Gasteiger partial charge on any atom is 0.263 e. The van der Waals surface area contributed by atoms with Gasteiger partial charge in [-0.2, -0.15) is 0 Å². The van der Waals surface area contributed by atoms with Gasteiger partial charge in [0, 0.05) is 24.0 Å². The van der Waals surface area contributed by atoms with Gasteiger partial charge in [-0.1, -0.05) is 18.3 Å². The number of rotatable bonds is 4. The number of nitrogens with zero attached hydrogens (tertiary/aromatic N) is 2. The molecule has 0 spiro atoms. The summed E-state index contributed by atoms with van der Waals surface area (Å²) in [7, 11) is 0. The predicted molar refractivity (Wildman–Crippen MR) is 74.1 cm³/mol. The highest BCUT2D eigenvalue weighted by Crippen LogP contribution is 2.20. The summed E-state index contributed by atoms with van der Waals surface area (Å²) in [5.74, 6) is 0.0876. The molecule has 0 aliphatic heterocycles. The smallest absolute Gasteiger partial charge is 0.263 e. The third-order valence-corrected chi connectivity index (χ3v) is 4.45. The van der Waals surface area contributed by atoms with E-state index < -0.39 is 0 Å². The first-order valence-corrected chi connectivity index (χ1v) is 7.18. The van der Waals surface area contributed by atoms with E-state index in [1.54, 1.807) is 24.5 Å². The molecule has 0 saturated heterocycles. The van der Waals surface area contributed by atoms with Gasteiger partial charge in [-0.05, 0) is 6.92 Å². The van der Waals surface area contributed by atoms with E-state index in [0.29, 0.717) is 22.2 Å². The van der Waals surface area contributed by atoms with E-state index in [4.69, 9.17) is 5.73 Å². The van der Waals surface area contributed by atoms with Crippen LogP contribution >= 0.6 is 22.7 Å². The Hall–Kier alpha value is -1.47. The molecule has 2 rings (SSSR count). The number of thiazole rings is 2. The van der Waals surface area contributed by atoms with Gasteiger partial charge < -0.3 is 11.1 Å². The quantitative estimate of drug-likeness (QED) is 0.899. The molecule has 0 saturated carbocycles. The second-order valence-electron chi connectivity index (χ2n) is 3.95. The molecule has 0 radical (unpaired) electrons. The van der Waals surface area contributed by atoms with Crippen LogP contribution in [-0.2, 0) is 0 Å². The summed E-state index contributed by atoms with van der Waals surface area (Å²) in [6, 6.07) is 0. The number of nitrogens with two attached hydrogens (primary N) is 1. The first-order chi connectivity index (χ1) is 8.58. The highest BCUT2D eigenvalue weighted by Gasteiger charge is 2.15. The van der Waals surface area contributed by atoms with E-state index in [1.165, 1.54) is 11.3 Å². The Kier molecular flexibility index (Phi) is 3.93. The summed E-state index contributed by atoms with van der Waals surface area (Å²) >= 11 is 2.81. The summed E-state index contributed by atoms with van der Waals surface area (Å²) in [5.41, 5.74) is 6.25. The molecule has 1 amide bonds. The third-order valence-electron chi connectivity index (χ3n) is 2.46. The normalized spacial score (nSPS) is 12.3. The second-order valence-corrected chi connectivity index (χ2v) is 5.90. The van der Waals surface area contributed by atoms with Gasteiger partial charge in [0.15, 0.2) is 5.13 Å². The average molecular weight is 282 g/mol. The Morgan fingerprint density at radius 3 is 2.94 bits per heavy atom. The lowest BCUT2D eigenvalue weighted by molar-refractivity contribution is 0.0955. The Bertz CT molecular complexity index is 535. The van der Waals surface area contributed by atoms with Gasteiger partial charge in [-0.15, -0.1) is 11.3 Å². The molecule has 0 aliphatic rings. The predicted octanol–water partition coefficient (Wildman–Crippen LogP) is 2.02. The molecule has 3 N–H and O–H groups in total. The third kappa shape index (κ3) is 2.85. The van der Waals surface area contributed by atoms with Crippen molar-refractivity contribution >= 4 is 33.7 Å². The van der Waals surface area contributed by atoms with Crippen molar-refractivity contribution in [1.82, 2.24) is 15.3 Å². The van der Waals surface area contributed by atoms with Crippen LogP contribution in [0.4, 0.5) is 5.13 Å². The van der Waals surface area contributed by atoms with Gasteiger partial charge in [-0.25, -0.2) is 9.97 Å². The molecule has 18 heavy (non-hydrogen) atoms. The lowest BCUT2D eigenvalue weighted by Crippen LogP contribution is -2.27. The van der Waals surface area contributed by atoms with Crippen molar-refractivity contribution in [1.29, 1.82) is 0 Å². The summed E-state index contributed by atoms with van der Waals surface area (Å²) in [4.78, 5) is 20.8. The van der Waals surface area contributed by atoms with Gasteiger partial charge in [-0.3, -0.25) is 4.79 Å². The largest absolute Gasteiger partial charge is 0.375 e. The Labute approximate surface area is 113 Å². The van der Waals surface area contributed by atoms with Crippen molar-refractivity contribution in [2.24, 2.45) is 0 Å². The molecular formula is C11H14N4OS2. The van der Waals surface area contributed by atoms with Crippen LogP contribution < -0.4 is 11.1 Å². The number of nitrogens with one attached hydrogen (secondary N) is 1. The number of carbonyl (C=O) groups excluding carboxylic acids is 1. The summed E-state index contributed by atoms with van der Waals surface area (Å²) in [5, 5.41) is 6.26. The molecule has 0 aliphatic carbocycles. The molecule has 5 nitrogen and oxygen atoms in total. The fourth-order valence-corrected chi connectivity index (χ4v) is 2.97. The van der Waals surface area contributed by atoms with E-state index in [1.807, 2.05) is 12.3 Å². The van der Waals surface area contributed by atoms with Crippen molar-refractivity contribution in [3.8, 4) is 0 Å². The summed E-state index contributed by atoms with van der Waals surface area (Å²) in [6.45, 7) is 4.38. The topological polar surface area (TPSA) is 80.9 Å². The number of anilines is 1. The molecule has 1 unspecified atom stereocenters. The van der Waals surface area contributed by atoms with E-state index in [0.717, 1.165) is 5.01 Å². The van der Waals surface area contributed by atoms with E-state index in [2.05, 4.69) is 15.3 Å². The number of hydrogen-bond acceptors (Lipinski definition) is 6. The number of carbonyl (C=O) groups is 1. The minimum absolute atomic E-state index is 0.120. The van der Waals surface area contributed by atoms with Crippen LogP contribution in [-0.4, -0.2) is 22.4 Å². The first kappa shape index (κ1) is 13.0. The van der Waals surface area contributed by atoms with Crippen LogP contribution in [0.2, 0.25) is 0 Å². The van der Waals surface area contributed by atoms with Gasteiger partial charge in [0.25, 0.3) is 5.91 Å². The van der Waals surface area contributed by atoms with Crippen LogP contribution in [0, 0.1) is 6.92 Å². The lowest BCUT2D eigenvalue weighted by atomic mass is 10.2. The molecular weight excluding hydrogens is 268 g/mol. The van der Waals surface area contributed by atoms with Gasteiger partial charge in [0.1, 0.15) is 4.88 Å². The molecule has 2 heterocycles. The zero-order valence-electron chi connectivity index (χ0n) is 10.1. The summed E-state index contributed by atoms with van der Waals surface area (Å²) < 4.78 is 0. The highest BCUT2D eigenvalue weighted by molar-refractivity contribution is 7.17. The fraction of sp³-hybridized carbons (Fsp3) is 0.364. The van der Waals surface area contributed by atoms with E-state index in [9.17, 15) is 4.79 Å². The second kappa shape index (κ2) is 5.45. The standard InChI is InChI=1S/C11H14N4OS2/c1-6(10-13-3-4-17-10)5-14-9(16)8-7(2)15-11(12)18-8/h3-4,6H,5H2,1-2H3,(H2,12,15)(H,14,16). The number of aryl methyl sites for hydroxylation is 1. The van der Waals surface area contributed by atoms with Crippen molar-refractivity contribution in [3.05, 3.63) is 27.2 Å². The minimum atomic E-state index is -0.120. The van der Waals surface area contributed by atoms with E-state index >= 15 is 0 Å². The van der Waals surface area contributed by atoms with Crippen LogP contribution in [0.1, 0.15) is 33.2 Å². The molecule has 1 atom stereocenters. The molecule has 2 aromatic heterocycles. The minimum Gasteiger partial charge on any atom is -0.375 e. The van der Waals surface area contributed by atoms with Crippen LogP contribution in [0.25, 0.3) is 0 Å². The number of nitrogen functional groups attached to an aromatic ring is 1. The SMILES string of the molecule is Cc1nc(N)sc1C(=O)NCC(C)c1nccs1. The van der Waals surface area contributed by atoms with Gasteiger partial charge in [0.2, 0.25) is 0 Å². The maximum atomic E-state index is 11.9. The van der Waals surface area contributed by atoms with Gasteiger partial charge in [0.05, 0.1) is 10.7 Å². The number of amides is 1. The van der Waals surface area contributed by atoms with Gasteiger partial charge >= 0.3 is 0 Å². The lowest BCUT2D eigenvalue weighted by Gasteiger charge is -2.09. The zero-order valence-corrected chi connectivity index (χ0v) is 11.8. The fourth-order valence-electron chi connectivity index (χ4n) is 1.52. The molecule has 96 valence electrons. The maximum absolute atomic E-state index is 11.9. The Morgan fingerprint density at radius 1 is 1.61 bits per heavy atom. The monoisotopic (exact) mass is 282 g/mol. The molecule has 0 aromatic carbocycles. The zero-order chi connectivity index (χ0) is 13.1. The summed E-state index contributed by atoms with van der Waals surface area (Å²) in [6.07, 6.45) is 1.77. The van der Waals surface area contributed by atoms with Crippen molar-refractivity contribution in [3.63, 3.8) is 0 Å². The molecule has 7 heteroatoms. The molecule has 2 aromatic rings. The first-order valence-electron chi connectivity index (χ1n) is 5.48. The number of aromatic nitrogens is 2. The number of hydrogen-bond donors (Lipinski definition) is 2. The van der Waals surface area contributed by atoms with Crippen molar-refractivity contribution in [2.45, 2.75) is 19.8 Å². The molecule has 0 fully saturated rings. The highest BCUT2D eigenvalue weighted by atomic mass is 32.1.